The van der Waals surface area contributed by atoms with Crippen LogP contribution >= 0.6 is 11.6 Å². The largest absolute Gasteiger partial charge is 0.492 e. The Morgan fingerprint density at radius 2 is 2.32 bits per heavy atom. The Morgan fingerprint density at radius 3 is 3.00 bits per heavy atom. The van der Waals surface area contributed by atoms with Crippen molar-refractivity contribution in [2.75, 3.05) is 13.2 Å². The van der Waals surface area contributed by atoms with Gasteiger partial charge in [-0.1, -0.05) is 17.7 Å². The molecule has 1 N–H and O–H groups in total. The van der Waals surface area contributed by atoms with Crippen molar-refractivity contribution in [3.63, 3.8) is 0 Å². The molecule has 0 saturated heterocycles. The molecule has 2 aromatic rings. The fourth-order valence-electron chi connectivity index (χ4n) is 1.65. The number of nitrogens with zero attached hydrogens (tertiary/aromatic N) is 3. The zero-order valence-corrected chi connectivity index (χ0v) is 12.2. The lowest BCUT2D eigenvalue weighted by molar-refractivity contribution is -0.385. The first kappa shape index (κ1) is 15.8. The number of aromatic nitrogens is 2. The second-order valence-corrected chi connectivity index (χ2v) is 4.75. The summed E-state index contributed by atoms with van der Waals surface area (Å²) in [5.41, 5.74) is -0.155. The maximum absolute atomic E-state index is 11.6. The van der Waals surface area contributed by atoms with Gasteiger partial charge in [0, 0.05) is 5.02 Å². The summed E-state index contributed by atoms with van der Waals surface area (Å²) in [4.78, 5) is 21.6. The predicted molar refractivity (Wildman–Crippen MR) is 78.8 cm³/mol. The van der Waals surface area contributed by atoms with Crippen molar-refractivity contribution in [3.8, 4) is 5.75 Å². The topological polar surface area (TPSA) is 99.3 Å². The lowest BCUT2D eigenvalue weighted by Gasteiger charge is -2.08. The maximum Gasteiger partial charge on any atom is 0.307 e. The third-order valence-electron chi connectivity index (χ3n) is 2.63. The second-order valence-electron chi connectivity index (χ2n) is 4.31. The van der Waals surface area contributed by atoms with E-state index in [1.165, 1.54) is 10.9 Å². The molecule has 0 fully saturated rings. The van der Waals surface area contributed by atoms with Gasteiger partial charge in [-0.25, -0.2) is 0 Å². The summed E-state index contributed by atoms with van der Waals surface area (Å²) in [5, 5.41) is 17.4. The number of amides is 1. The second kappa shape index (κ2) is 7.41. The van der Waals surface area contributed by atoms with Crippen molar-refractivity contribution in [3.05, 3.63) is 51.8 Å². The average molecular weight is 325 g/mol. The molecular weight excluding hydrogens is 312 g/mol. The van der Waals surface area contributed by atoms with Gasteiger partial charge in [-0.2, -0.15) is 5.10 Å². The highest BCUT2D eigenvalue weighted by atomic mass is 35.5. The zero-order chi connectivity index (χ0) is 15.9. The molecule has 8 nitrogen and oxygen atoms in total. The Kier molecular flexibility index (Phi) is 5.31. The molecule has 1 aromatic carbocycles. The number of ether oxygens (including phenoxy) is 1. The van der Waals surface area contributed by atoms with Crippen LogP contribution < -0.4 is 10.1 Å². The highest BCUT2D eigenvalue weighted by molar-refractivity contribution is 6.30. The average Bonchev–Trinajstić information content (AvgIpc) is 2.92. The van der Waals surface area contributed by atoms with E-state index in [0.29, 0.717) is 17.3 Å². The van der Waals surface area contributed by atoms with Crippen molar-refractivity contribution in [1.82, 2.24) is 15.1 Å². The van der Waals surface area contributed by atoms with Gasteiger partial charge in [0.15, 0.2) is 0 Å². The van der Waals surface area contributed by atoms with Crippen molar-refractivity contribution >= 4 is 23.2 Å². The fraction of sp³-hybridized carbons (Fsp3) is 0.231. The van der Waals surface area contributed by atoms with E-state index in [4.69, 9.17) is 16.3 Å². The fourth-order valence-corrected chi connectivity index (χ4v) is 1.83. The Hall–Kier alpha value is -2.61. The Labute approximate surface area is 130 Å². The van der Waals surface area contributed by atoms with Crippen LogP contribution in [0.5, 0.6) is 5.75 Å². The molecule has 1 aromatic heterocycles. The van der Waals surface area contributed by atoms with Crippen LogP contribution in [0.4, 0.5) is 5.69 Å². The molecule has 0 radical (unpaired) electrons. The minimum atomic E-state index is -0.569. The number of nitro groups is 1. The third-order valence-corrected chi connectivity index (χ3v) is 2.86. The van der Waals surface area contributed by atoms with Gasteiger partial charge in [-0.05, 0) is 18.2 Å². The highest BCUT2D eigenvalue weighted by Crippen LogP contribution is 2.16. The van der Waals surface area contributed by atoms with E-state index in [1.807, 2.05) is 0 Å². The summed E-state index contributed by atoms with van der Waals surface area (Å²) in [6.45, 7) is 0.491. The SMILES string of the molecule is O=C(Cn1cc([N+](=O)[O-])cn1)NCCOc1cccc(Cl)c1. The molecule has 0 bridgehead atoms. The Balaban J connectivity index is 1.70. The molecule has 0 atom stereocenters. The zero-order valence-electron chi connectivity index (χ0n) is 11.4. The first-order valence-electron chi connectivity index (χ1n) is 6.36. The molecule has 9 heteroatoms. The summed E-state index contributed by atoms with van der Waals surface area (Å²) in [5.74, 6) is 0.303. The number of hydrogen-bond donors (Lipinski definition) is 1. The van der Waals surface area contributed by atoms with Crippen molar-refractivity contribution in [1.29, 1.82) is 0 Å². The van der Waals surface area contributed by atoms with E-state index in [9.17, 15) is 14.9 Å². The van der Waals surface area contributed by atoms with Crippen LogP contribution in [0.2, 0.25) is 5.02 Å². The third kappa shape index (κ3) is 4.74. The van der Waals surface area contributed by atoms with E-state index in [2.05, 4.69) is 10.4 Å². The van der Waals surface area contributed by atoms with Crippen LogP contribution in [0.3, 0.4) is 0 Å². The minimum absolute atomic E-state index is 0.0923. The number of hydrogen-bond acceptors (Lipinski definition) is 5. The molecule has 0 aliphatic carbocycles. The van der Waals surface area contributed by atoms with Gasteiger partial charge >= 0.3 is 5.69 Å². The van der Waals surface area contributed by atoms with E-state index in [0.717, 1.165) is 6.20 Å². The first-order valence-corrected chi connectivity index (χ1v) is 6.74. The minimum Gasteiger partial charge on any atom is -0.492 e. The molecule has 1 heterocycles. The molecule has 2 rings (SSSR count). The lowest BCUT2D eigenvalue weighted by Crippen LogP contribution is -2.31. The predicted octanol–water partition coefficient (Wildman–Crippen LogP) is 1.64. The van der Waals surface area contributed by atoms with Gasteiger partial charge in [-0.15, -0.1) is 0 Å². The number of rotatable bonds is 7. The molecule has 22 heavy (non-hydrogen) atoms. The Bertz CT molecular complexity index is 674. The van der Waals surface area contributed by atoms with Crippen LogP contribution in [0.15, 0.2) is 36.7 Å². The number of carbonyl (C=O) groups is 1. The van der Waals surface area contributed by atoms with Gasteiger partial charge in [-0.3, -0.25) is 19.6 Å². The standard InChI is InChI=1S/C13H13ClN4O4/c14-10-2-1-3-12(6-10)22-5-4-15-13(19)9-17-8-11(7-16-17)18(20)21/h1-3,6-8H,4-5,9H2,(H,15,19). The molecule has 0 spiro atoms. The van der Waals surface area contributed by atoms with Gasteiger partial charge < -0.3 is 10.1 Å². The monoisotopic (exact) mass is 324 g/mol. The van der Waals surface area contributed by atoms with E-state index < -0.39 is 4.92 Å². The van der Waals surface area contributed by atoms with Crippen LogP contribution in [0.1, 0.15) is 0 Å². The van der Waals surface area contributed by atoms with Gasteiger partial charge in [0.1, 0.15) is 31.3 Å². The van der Waals surface area contributed by atoms with Gasteiger partial charge in [0.05, 0.1) is 11.5 Å². The lowest BCUT2D eigenvalue weighted by atomic mass is 10.3. The number of halogens is 1. The van der Waals surface area contributed by atoms with Crippen LogP contribution in [0.25, 0.3) is 0 Å². The molecule has 0 saturated carbocycles. The first-order chi connectivity index (χ1) is 10.5. The van der Waals surface area contributed by atoms with Crippen LogP contribution in [-0.4, -0.2) is 33.8 Å². The highest BCUT2D eigenvalue weighted by Gasteiger charge is 2.10. The molecule has 0 aliphatic rings. The van der Waals surface area contributed by atoms with Gasteiger partial charge in [0.2, 0.25) is 5.91 Å². The van der Waals surface area contributed by atoms with Crippen molar-refractivity contribution in [2.24, 2.45) is 0 Å². The number of nitrogens with one attached hydrogen (secondary N) is 1. The summed E-state index contributed by atoms with van der Waals surface area (Å²) >= 11 is 5.82. The van der Waals surface area contributed by atoms with Crippen LogP contribution in [0, 0.1) is 10.1 Å². The molecule has 116 valence electrons. The molecule has 0 aliphatic heterocycles. The number of benzene rings is 1. The smallest absolute Gasteiger partial charge is 0.307 e. The molecular formula is C13H13ClN4O4. The Morgan fingerprint density at radius 1 is 1.50 bits per heavy atom. The summed E-state index contributed by atoms with van der Waals surface area (Å²) in [6, 6.07) is 6.93. The summed E-state index contributed by atoms with van der Waals surface area (Å²) < 4.78 is 6.61. The maximum atomic E-state index is 11.6. The van der Waals surface area contributed by atoms with Crippen LogP contribution in [-0.2, 0) is 11.3 Å². The van der Waals surface area contributed by atoms with E-state index >= 15 is 0 Å². The van der Waals surface area contributed by atoms with E-state index in [1.54, 1.807) is 24.3 Å². The van der Waals surface area contributed by atoms with Gasteiger partial charge in [0.25, 0.3) is 0 Å². The van der Waals surface area contributed by atoms with Crippen molar-refractivity contribution in [2.45, 2.75) is 6.54 Å². The quantitative estimate of drug-likeness (QED) is 0.474. The van der Waals surface area contributed by atoms with Crippen molar-refractivity contribution < 1.29 is 14.5 Å². The summed E-state index contributed by atoms with van der Waals surface area (Å²) in [6.07, 6.45) is 2.29. The normalized spacial score (nSPS) is 10.2. The summed E-state index contributed by atoms with van der Waals surface area (Å²) in [7, 11) is 0. The number of carbonyl (C=O) groups excluding carboxylic acids is 1. The van der Waals surface area contributed by atoms with E-state index in [-0.39, 0.29) is 24.7 Å². The molecule has 1 amide bonds. The molecule has 0 unspecified atom stereocenters.